The summed E-state index contributed by atoms with van der Waals surface area (Å²) < 4.78 is 4.69. The van der Waals surface area contributed by atoms with Crippen molar-refractivity contribution in [3.05, 3.63) is 30.2 Å². The summed E-state index contributed by atoms with van der Waals surface area (Å²) in [5.41, 5.74) is 3.22. The number of hydrogen-bond acceptors (Lipinski definition) is 4. The largest absolute Gasteiger partial charge is 0.388 e. The van der Waals surface area contributed by atoms with Crippen molar-refractivity contribution in [2.24, 2.45) is 0 Å². The molecule has 14 heavy (non-hydrogen) atoms. The highest BCUT2D eigenvalue weighted by molar-refractivity contribution is 5.64. The maximum absolute atomic E-state index is 4.69. The van der Waals surface area contributed by atoms with Crippen molar-refractivity contribution < 1.29 is 4.52 Å². The van der Waals surface area contributed by atoms with Gasteiger partial charge in [-0.05, 0) is 18.6 Å². The van der Waals surface area contributed by atoms with Gasteiger partial charge in [-0.1, -0.05) is 17.3 Å². The monoisotopic (exact) mass is 189 g/mol. The smallest absolute Gasteiger partial charge is 0.214 e. The highest BCUT2D eigenvalue weighted by Gasteiger charge is 2.04. The summed E-state index contributed by atoms with van der Waals surface area (Å²) >= 11 is 0. The zero-order valence-corrected chi connectivity index (χ0v) is 8.11. The number of aromatic nitrogens is 2. The van der Waals surface area contributed by atoms with E-state index in [0.717, 1.165) is 11.3 Å². The number of aryl methyl sites for hydroxylation is 1. The van der Waals surface area contributed by atoms with Crippen LogP contribution in [-0.4, -0.2) is 17.2 Å². The van der Waals surface area contributed by atoms with Crippen molar-refractivity contribution in [1.82, 2.24) is 10.1 Å². The van der Waals surface area contributed by atoms with E-state index in [1.165, 1.54) is 12.0 Å². The first-order valence-electron chi connectivity index (χ1n) is 4.36. The van der Waals surface area contributed by atoms with E-state index in [1.807, 2.05) is 32.2 Å². The van der Waals surface area contributed by atoms with Crippen LogP contribution in [0.3, 0.4) is 0 Å². The summed E-state index contributed by atoms with van der Waals surface area (Å²) in [6.45, 7) is 2.05. The van der Waals surface area contributed by atoms with Gasteiger partial charge in [0.05, 0.1) is 0 Å². The molecule has 0 aliphatic carbocycles. The van der Waals surface area contributed by atoms with Crippen molar-refractivity contribution >= 4 is 5.69 Å². The molecular formula is C10H11N3O. The number of benzene rings is 1. The molecule has 1 aromatic carbocycles. The Morgan fingerprint density at radius 2 is 2.21 bits per heavy atom. The van der Waals surface area contributed by atoms with E-state index >= 15 is 0 Å². The number of nitrogens with zero attached hydrogens (tertiary/aromatic N) is 2. The predicted octanol–water partition coefficient (Wildman–Crippen LogP) is 2.09. The van der Waals surface area contributed by atoms with Crippen LogP contribution in [0.4, 0.5) is 5.69 Å². The minimum Gasteiger partial charge on any atom is -0.388 e. The van der Waals surface area contributed by atoms with Gasteiger partial charge in [0.1, 0.15) is 0 Å². The lowest BCUT2D eigenvalue weighted by molar-refractivity contribution is 0.419. The average molecular weight is 189 g/mol. The third-order valence-electron chi connectivity index (χ3n) is 2.13. The molecule has 72 valence electrons. The second-order valence-electron chi connectivity index (χ2n) is 3.03. The second kappa shape index (κ2) is 3.49. The van der Waals surface area contributed by atoms with E-state index in [0.29, 0.717) is 5.82 Å². The van der Waals surface area contributed by atoms with Crippen LogP contribution in [0, 0.1) is 6.92 Å². The first-order chi connectivity index (χ1) is 6.81. The molecule has 0 radical (unpaired) electrons. The molecule has 0 spiro atoms. The van der Waals surface area contributed by atoms with Crippen molar-refractivity contribution in [2.75, 3.05) is 12.4 Å². The Bertz CT molecular complexity index is 423. The van der Waals surface area contributed by atoms with E-state index in [4.69, 9.17) is 4.52 Å². The maximum atomic E-state index is 4.69. The molecule has 1 aromatic heterocycles. The molecule has 0 unspecified atom stereocenters. The van der Waals surface area contributed by atoms with Crippen molar-refractivity contribution in [3.63, 3.8) is 0 Å². The normalized spacial score (nSPS) is 10.1. The van der Waals surface area contributed by atoms with Gasteiger partial charge in [-0.25, -0.2) is 0 Å². The number of hydrogen-bond donors (Lipinski definition) is 1. The average Bonchev–Trinajstić information content (AvgIpc) is 2.71. The van der Waals surface area contributed by atoms with E-state index in [9.17, 15) is 0 Å². The Hall–Kier alpha value is -1.84. The Balaban J connectivity index is 2.46. The third kappa shape index (κ3) is 1.46. The summed E-state index contributed by atoms with van der Waals surface area (Å²) in [5, 5.41) is 6.89. The minimum absolute atomic E-state index is 0.613. The lowest BCUT2D eigenvalue weighted by atomic mass is 10.1. The molecule has 0 amide bonds. The molecule has 2 rings (SSSR count). The standard InChI is InChI=1S/C10H11N3O/c1-7-3-4-8(5-9(7)11-2)10-12-6-14-13-10/h3-6,11H,1-2H3. The van der Waals surface area contributed by atoms with Crippen LogP contribution in [0.2, 0.25) is 0 Å². The quantitative estimate of drug-likeness (QED) is 0.785. The van der Waals surface area contributed by atoms with Crippen LogP contribution in [0.1, 0.15) is 5.56 Å². The first-order valence-corrected chi connectivity index (χ1v) is 4.36. The fourth-order valence-electron chi connectivity index (χ4n) is 1.33. The van der Waals surface area contributed by atoms with Gasteiger partial charge >= 0.3 is 0 Å². The first kappa shape index (κ1) is 8.74. The second-order valence-corrected chi connectivity index (χ2v) is 3.03. The highest BCUT2D eigenvalue weighted by Crippen LogP contribution is 2.22. The van der Waals surface area contributed by atoms with Crippen molar-refractivity contribution in [3.8, 4) is 11.4 Å². The van der Waals surface area contributed by atoms with Crippen molar-refractivity contribution in [1.29, 1.82) is 0 Å². The number of rotatable bonds is 2. The molecule has 0 fully saturated rings. The molecule has 4 heteroatoms. The predicted molar refractivity (Wildman–Crippen MR) is 54.0 cm³/mol. The van der Waals surface area contributed by atoms with Crippen LogP contribution in [-0.2, 0) is 0 Å². The van der Waals surface area contributed by atoms with E-state index in [-0.39, 0.29) is 0 Å². The lowest BCUT2D eigenvalue weighted by Crippen LogP contribution is -1.92. The molecule has 1 heterocycles. The number of nitrogens with one attached hydrogen (secondary N) is 1. The molecule has 0 saturated heterocycles. The molecule has 1 N–H and O–H groups in total. The van der Waals surface area contributed by atoms with Gasteiger partial charge in [0.15, 0.2) is 0 Å². The summed E-state index contributed by atoms with van der Waals surface area (Å²) in [7, 11) is 1.89. The maximum Gasteiger partial charge on any atom is 0.214 e. The Labute approximate surface area is 82.0 Å². The molecule has 4 nitrogen and oxygen atoms in total. The topological polar surface area (TPSA) is 51.0 Å². The summed E-state index contributed by atoms with van der Waals surface area (Å²) in [4.78, 5) is 3.99. The van der Waals surface area contributed by atoms with E-state index in [1.54, 1.807) is 0 Å². The van der Waals surface area contributed by atoms with Gasteiger partial charge in [0.25, 0.3) is 0 Å². The zero-order chi connectivity index (χ0) is 9.97. The van der Waals surface area contributed by atoms with Gasteiger partial charge in [-0.2, -0.15) is 4.98 Å². The lowest BCUT2D eigenvalue weighted by Gasteiger charge is -2.05. The van der Waals surface area contributed by atoms with Gasteiger partial charge < -0.3 is 9.84 Å². The molecule has 0 bridgehead atoms. The van der Waals surface area contributed by atoms with Crippen LogP contribution < -0.4 is 5.32 Å². The third-order valence-corrected chi connectivity index (χ3v) is 2.13. The zero-order valence-electron chi connectivity index (χ0n) is 8.11. The Morgan fingerprint density at radius 1 is 1.36 bits per heavy atom. The molecule has 0 atom stereocenters. The SMILES string of the molecule is CNc1cc(-c2ncon2)ccc1C. The van der Waals surface area contributed by atoms with Crippen LogP contribution in [0.25, 0.3) is 11.4 Å². The molecule has 2 aromatic rings. The van der Waals surface area contributed by atoms with Gasteiger partial charge in [-0.15, -0.1) is 0 Å². The molecule has 0 saturated carbocycles. The minimum atomic E-state index is 0.613. The van der Waals surface area contributed by atoms with Crippen LogP contribution >= 0.6 is 0 Å². The van der Waals surface area contributed by atoms with Gasteiger partial charge in [0.2, 0.25) is 12.2 Å². The fraction of sp³-hybridized carbons (Fsp3) is 0.200. The molecule has 0 aliphatic rings. The number of anilines is 1. The summed E-state index contributed by atoms with van der Waals surface area (Å²) in [6.07, 6.45) is 1.33. The van der Waals surface area contributed by atoms with Gasteiger partial charge in [-0.3, -0.25) is 0 Å². The fourth-order valence-corrected chi connectivity index (χ4v) is 1.33. The van der Waals surface area contributed by atoms with E-state index < -0.39 is 0 Å². The van der Waals surface area contributed by atoms with Crippen LogP contribution in [0.15, 0.2) is 29.1 Å². The Kier molecular flexibility index (Phi) is 2.18. The van der Waals surface area contributed by atoms with Gasteiger partial charge in [0, 0.05) is 18.3 Å². The summed E-state index contributed by atoms with van der Waals surface area (Å²) in [6, 6.07) is 6.00. The summed E-state index contributed by atoms with van der Waals surface area (Å²) in [5.74, 6) is 0.613. The highest BCUT2D eigenvalue weighted by atomic mass is 16.5. The van der Waals surface area contributed by atoms with Crippen molar-refractivity contribution in [2.45, 2.75) is 6.92 Å². The Morgan fingerprint density at radius 3 is 2.86 bits per heavy atom. The molecular weight excluding hydrogens is 178 g/mol. The van der Waals surface area contributed by atoms with Crippen LogP contribution in [0.5, 0.6) is 0 Å². The molecule has 0 aliphatic heterocycles. The van der Waals surface area contributed by atoms with E-state index in [2.05, 4.69) is 15.5 Å².